The summed E-state index contributed by atoms with van der Waals surface area (Å²) in [5.41, 5.74) is 2.37. The van der Waals surface area contributed by atoms with Gasteiger partial charge in [-0.05, 0) is 72.8 Å². The van der Waals surface area contributed by atoms with Crippen molar-refractivity contribution in [1.29, 1.82) is 0 Å². The molecule has 7 rings (SSSR count). The van der Waals surface area contributed by atoms with Gasteiger partial charge in [-0.1, -0.05) is 74.0 Å². The second-order valence-electron chi connectivity index (χ2n) is 13.7. The van der Waals surface area contributed by atoms with Crippen LogP contribution in [0.15, 0.2) is 72.3 Å². The molecule has 4 aliphatic carbocycles. The minimum absolute atomic E-state index is 0.000421. The summed E-state index contributed by atoms with van der Waals surface area (Å²) in [6, 6.07) is 15.8. The van der Waals surface area contributed by atoms with Gasteiger partial charge in [0.25, 0.3) is 0 Å². The molecule has 0 aromatic heterocycles. The van der Waals surface area contributed by atoms with Crippen LogP contribution in [0.3, 0.4) is 0 Å². The third-order valence-corrected chi connectivity index (χ3v) is 11.6. The Morgan fingerprint density at radius 1 is 1.05 bits per heavy atom. The zero-order valence-electron chi connectivity index (χ0n) is 24.7. The molecule has 1 saturated heterocycles. The summed E-state index contributed by atoms with van der Waals surface area (Å²) >= 11 is 0. The number of ether oxygens (including phenoxy) is 2. The summed E-state index contributed by atoms with van der Waals surface area (Å²) in [6.07, 6.45) is 6.55. The molecule has 7 nitrogen and oxygen atoms in total. The number of carbonyl (C=O) groups is 2. The van der Waals surface area contributed by atoms with Crippen molar-refractivity contribution in [1.82, 2.24) is 0 Å². The second kappa shape index (κ2) is 10.3. The largest absolute Gasteiger partial charge is 0.393 e. The number of aliphatic hydroxyl groups is 3. The molecule has 3 saturated carbocycles. The van der Waals surface area contributed by atoms with E-state index in [1.54, 1.807) is 12.2 Å². The highest BCUT2D eigenvalue weighted by atomic mass is 16.7. The number of rotatable bonds is 6. The summed E-state index contributed by atoms with van der Waals surface area (Å²) in [5, 5.41) is 31.6. The third kappa shape index (κ3) is 4.20. The van der Waals surface area contributed by atoms with Crippen LogP contribution in [0.1, 0.15) is 68.1 Å². The van der Waals surface area contributed by atoms with Crippen molar-refractivity contribution in [2.75, 3.05) is 6.61 Å². The summed E-state index contributed by atoms with van der Waals surface area (Å²) in [4.78, 5) is 26.0. The number of carbonyl (C=O) groups excluding carboxylic acids is 2. The molecule has 1 aliphatic heterocycles. The molecule has 3 N–H and O–H groups in total. The van der Waals surface area contributed by atoms with Gasteiger partial charge in [0.1, 0.15) is 6.61 Å². The zero-order valence-corrected chi connectivity index (χ0v) is 24.7. The van der Waals surface area contributed by atoms with Crippen LogP contribution in [0.25, 0.3) is 0 Å². The Morgan fingerprint density at radius 2 is 1.79 bits per heavy atom. The predicted octanol–water partition coefficient (Wildman–Crippen LogP) is 4.37. The number of fused-ring (bicyclic) bond motifs is 7. The van der Waals surface area contributed by atoms with Gasteiger partial charge in [-0.2, -0.15) is 0 Å². The Morgan fingerprint density at radius 3 is 2.56 bits per heavy atom. The molecule has 4 fully saturated rings. The molecule has 0 bridgehead atoms. The van der Waals surface area contributed by atoms with E-state index in [9.17, 15) is 24.9 Å². The van der Waals surface area contributed by atoms with Gasteiger partial charge in [-0.25, -0.2) is 0 Å². The first-order chi connectivity index (χ1) is 20.6. The number of aliphatic hydroxyl groups excluding tert-OH is 3. The molecule has 0 radical (unpaired) electrons. The van der Waals surface area contributed by atoms with Crippen LogP contribution in [0.4, 0.5) is 0 Å². The highest BCUT2D eigenvalue weighted by Gasteiger charge is 2.75. The number of hydrogen-bond acceptors (Lipinski definition) is 7. The molecular formula is C36H40O7. The van der Waals surface area contributed by atoms with Crippen molar-refractivity contribution < 1.29 is 34.4 Å². The van der Waals surface area contributed by atoms with E-state index < -0.39 is 47.3 Å². The van der Waals surface area contributed by atoms with Gasteiger partial charge in [0.15, 0.2) is 23.5 Å². The first-order valence-corrected chi connectivity index (χ1v) is 15.5. The first kappa shape index (κ1) is 28.8. The molecule has 2 aromatic rings. The fourth-order valence-electron chi connectivity index (χ4n) is 9.76. The summed E-state index contributed by atoms with van der Waals surface area (Å²) in [6.45, 7) is 3.51. The number of benzene rings is 2. The quantitative estimate of drug-likeness (QED) is 0.462. The van der Waals surface area contributed by atoms with E-state index in [1.807, 2.05) is 54.6 Å². The molecule has 1 unspecified atom stereocenters. The van der Waals surface area contributed by atoms with E-state index >= 15 is 0 Å². The number of Topliss-reactive ketones (excluding diaryl/α,β-unsaturated/α-hetero) is 1. The number of hydrogen-bond donors (Lipinski definition) is 3. The Bertz CT molecular complexity index is 1530. The Labute approximate surface area is 252 Å². The monoisotopic (exact) mass is 584 g/mol. The molecule has 43 heavy (non-hydrogen) atoms. The minimum Gasteiger partial charge on any atom is -0.393 e. The summed E-state index contributed by atoms with van der Waals surface area (Å²) in [7, 11) is 0. The highest BCUT2D eigenvalue weighted by Crippen LogP contribution is 2.70. The molecule has 9 atom stereocenters. The maximum atomic E-state index is 13.8. The lowest BCUT2D eigenvalue weighted by atomic mass is 9.46. The smallest absolute Gasteiger partial charge is 0.193 e. The Balaban J connectivity index is 1.20. The van der Waals surface area contributed by atoms with E-state index in [0.717, 1.165) is 40.7 Å². The molecule has 0 spiro atoms. The lowest BCUT2D eigenvalue weighted by molar-refractivity contribution is -0.201. The van der Waals surface area contributed by atoms with E-state index in [-0.39, 0.29) is 30.1 Å². The summed E-state index contributed by atoms with van der Waals surface area (Å²) < 4.78 is 13.4. The van der Waals surface area contributed by atoms with Crippen molar-refractivity contribution in [2.45, 2.75) is 76.7 Å². The SMILES string of the molecule is C[C@]12C=CC(=O)C=C1CC[C@@H]1C2[C@@H](O)C[C@@]2(C)[C@H]1C[C@H]1O[C@@H](c3cccc(Cc4cccc(CO)c4)c3)O[C@]12C(=O)CO. The van der Waals surface area contributed by atoms with Crippen molar-refractivity contribution in [3.63, 3.8) is 0 Å². The normalized spacial score (nSPS) is 39.5. The minimum atomic E-state index is -1.37. The molecule has 1 heterocycles. The van der Waals surface area contributed by atoms with Gasteiger partial charge in [0, 0.05) is 22.3 Å². The lowest BCUT2D eigenvalue weighted by Gasteiger charge is -2.59. The average Bonchev–Trinajstić information content (AvgIpc) is 3.50. The fourth-order valence-corrected chi connectivity index (χ4v) is 9.76. The van der Waals surface area contributed by atoms with E-state index in [4.69, 9.17) is 9.47 Å². The third-order valence-electron chi connectivity index (χ3n) is 11.6. The van der Waals surface area contributed by atoms with Crippen LogP contribution >= 0.6 is 0 Å². The van der Waals surface area contributed by atoms with Crippen LogP contribution < -0.4 is 0 Å². The maximum absolute atomic E-state index is 13.8. The van der Waals surface area contributed by atoms with E-state index in [1.165, 1.54) is 0 Å². The lowest BCUT2D eigenvalue weighted by Crippen LogP contribution is -2.63. The molecule has 2 aromatic carbocycles. The van der Waals surface area contributed by atoms with Crippen molar-refractivity contribution in [2.24, 2.45) is 28.6 Å². The van der Waals surface area contributed by atoms with Crippen molar-refractivity contribution in [3.8, 4) is 0 Å². The number of allylic oxidation sites excluding steroid dienone is 4. The Kier molecular flexibility index (Phi) is 6.91. The van der Waals surface area contributed by atoms with Crippen molar-refractivity contribution in [3.05, 3.63) is 94.6 Å². The van der Waals surface area contributed by atoms with Gasteiger partial charge in [0.05, 0.1) is 18.8 Å². The van der Waals surface area contributed by atoms with Crippen molar-refractivity contribution >= 4 is 11.6 Å². The molecule has 226 valence electrons. The van der Waals surface area contributed by atoms with Gasteiger partial charge in [-0.15, -0.1) is 0 Å². The molecule has 0 amide bonds. The first-order valence-electron chi connectivity index (χ1n) is 15.5. The Hall–Kier alpha value is -2.94. The number of ketones is 2. The topological polar surface area (TPSA) is 113 Å². The fraction of sp³-hybridized carbons (Fsp3) is 0.500. The second-order valence-corrected chi connectivity index (χ2v) is 13.7. The van der Waals surface area contributed by atoms with Gasteiger partial charge in [0.2, 0.25) is 0 Å². The standard InChI is InChI=1S/C36H40O7/c1-34-12-11-26(39)16-25(34)9-10-27-28-17-31-36(30(41)20-38,35(28,2)18-29(40)32(27)34)43-33(42-31)24-8-4-6-22(15-24)13-21-5-3-7-23(14-21)19-37/h3-8,11-12,14-16,27-29,31-33,37-38,40H,9-10,13,17-20H2,1-2H3/t27-,28-,29-,31+,32?,33+,34-,35-,36+/m0/s1. The van der Waals surface area contributed by atoms with Gasteiger partial charge in [-0.3, -0.25) is 9.59 Å². The molecular weight excluding hydrogens is 544 g/mol. The van der Waals surface area contributed by atoms with Crippen LogP contribution in [0.2, 0.25) is 0 Å². The molecule has 5 aliphatic rings. The zero-order chi connectivity index (χ0) is 30.1. The molecule has 7 heteroatoms. The van der Waals surface area contributed by atoms with Crippen LogP contribution in [-0.4, -0.2) is 51.3 Å². The van der Waals surface area contributed by atoms with Crippen LogP contribution in [-0.2, 0) is 32.1 Å². The van der Waals surface area contributed by atoms with Crippen LogP contribution in [0.5, 0.6) is 0 Å². The van der Waals surface area contributed by atoms with Crippen LogP contribution in [0, 0.1) is 28.6 Å². The van der Waals surface area contributed by atoms with Gasteiger partial charge < -0.3 is 24.8 Å². The van der Waals surface area contributed by atoms with E-state index in [2.05, 4.69) is 13.8 Å². The maximum Gasteiger partial charge on any atom is 0.193 e. The van der Waals surface area contributed by atoms with Gasteiger partial charge >= 0.3 is 0 Å². The average molecular weight is 585 g/mol. The predicted molar refractivity (Wildman–Crippen MR) is 159 cm³/mol. The van der Waals surface area contributed by atoms with E-state index in [0.29, 0.717) is 19.3 Å². The summed E-state index contributed by atoms with van der Waals surface area (Å²) in [5.74, 6) is -0.298. The highest BCUT2D eigenvalue weighted by molar-refractivity contribution is 6.01.